The predicted molar refractivity (Wildman–Crippen MR) is 99.2 cm³/mol. The van der Waals surface area contributed by atoms with Gasteiger partial charge >= 0.3 is 0 Å². The molecule has 1 spiro atoms. The number of ether oxygens (including phenoxy) is 1. The zero-order chi connectivity index (χ0) is 17.3. The number of anilines is 1. The zero-order valence-corrected chi connectivity index (χ0v) is 15.2. The van der Waals surface area contributed by atoms with Gasteiger partial charge in [-0.15, -0.1) is 11.3 Å². The van der Waals surface area contributed by atoms with Crippen LogP contribution in [0.3, 0.4) is 0 Å². The summed E-state index contributed by atoms with van der Waals surface area (Å²) in [5.74, 6) is 0.105. The molecule has 0 unspecified atom stereocenters. The lowest BCUT2D eigenvalue weighted by Gasteiger charge is -2.38. The number of likely N-dealkylation sites (N-methyl/N-ethyl adjacent to an activating group) is 1. The lowest BCUT2D eigenvalue weighted by Crippen LogP contribution is -2.46. The molecule has 0 saturated carbocycles. The molecular formula is C19H23N3O2S. The summed E-state index contributed by atoms with van der Waals surface area (Å²) in [5, 5.41) is 0. The second kappa shape index (κ2) is 6.77. The van der Waals surface area contributed by atoms with Gasteiger partial charge in [0.25, 0.3) is 5.91 Å². The summed E-state index contributed by atoms with van der Waals surface area (Å²) in [5.41, 5.74) is 2.87. The van der Waals surface area contributed by atoms with Gasteiger partial charge in [0.15, 0.2) is 0 Å². The maximum atomic E-state index is 12.5. The van der Waals surface area contributed by atoms with Gasteiger partial charge in [-0.25, -0.2) is 0 Å². The van der Waals surface area contributed by atoms with Crippen LogP contribution >= 0.6 is 11.3 Å². The molecular weight excluding hydrogens is 334 g/mol. The molecule has 3 heterocycles. The van der Waals surface area contributed by atoms with Crippen LogP contribution in [-0.2, 0) is 4.74 Å². The lowest BCUT2D eigenvalue weighted by molar-refractivity contribution is -0.0387. The number of nitrogens with zero attached hydrogens (tertiary/aromatic N) is 3. The number of hydrogen-bond acceptors (Lipinski definition) is 5. The van der Waals surface area contributed by atoms with Crippen molar-refractivity contribution in [3.8, 4) is 0 Å². The van der Waals surface area contributed by atoms with E-state index in [9.17, 15) is 4.79 Å². The Hall–Kier alpha value is -1.92. The third-order valence-corrected chi connectivity index (χ3v) is 6.27. The molecule has 0 N–H and O–H groups in total. The molecule has 1 aromatic carbocycles. The van der Waals surface area contributed by atoms with E-state index in [4.69, 9.17) is 4.74 Å². The number of carbonyl (C=O) groups excluding carboxylic acids is 1. The third-order valence-electron chi connectivity index (χ3n) is 5.51. The summed E-state index contributed by atoms with van der Waals surface area (Å²) in [6, 6.07) is 10.9. The first-order chi connectivity index (χ1) is 12.2. The molecule has 6 heteroatoms. The van der Waals surface area contributed by atoms with Crippen molar-refractivity contribution in [3.05, 3.63) is 46.9 Å². The average molecular weight is 357 g/mol. The summed E-state index contributed by atoms with van der Waals surface area (Å²) >= 11 is 1.41. The van der Waals surface area contributed by atoms with E-state index < -0.39 is 0 Å². The average Bonchev–Trinajstić information content (AvgIpc) is 3.33. The molecule has 2 aromatic rings. The van der Waals surface area contributed by atoms with Gasteiger partial charge in [-0.3, -0.25) is 9.78 Å². The molecule has 132 valence electrons. The summed E-state index contributed by atoms with van der Waals surface area (Å²) in [7, 11) is 2.14. The molecule has 0 aliphatic carbocycles. The lowest BCUT2D eigenvalue weighted by atomic mass is 9.87. The highest BCUT2D eigenvalue weighted by atomic mass is 32.1. The minimum Gasteiger partial charge on any atom is -0.373 e. The third kappa shape index (κ3) is 3.28. The first kappa shape index (κ1) is 16.5. The number of para-hydroxylation sites is 1. The summed E-state index contributed by atoms with van der Waals surface area (Å²) < 4.78 is 6.27. The van der Waals surface area contributed by atoms with Crippen LogP contribution in [-0.4, -0.2) is 54.2 Å². The monoisotopic (exact) mass is 357 g/mol. The largest absolute Gasteiger partial charge is 0.373 e. The molecule has 0 radical (unpaired) electrons. The zero-order valence-electron chi connectivity index (χ0n) is 14.4. The highest BCUT2D eigenvalue weighted by Gasteiger charge is 2.44. The van der Waals surface area contributed by atoms with E-state index in [1.54, 1.807) is 11.7 Å². The highest BCUT2D eigenvalue weighted by molar-refractivity contribution is 7.11. The number of piperidine rings is 1. The maximum absolute atomic E-state index is 12.5. The van der Waals surface area contributed by atoms with Crippen LogP contribution in [0.15, 0.2) is 42.0 Å². The minimum atomic E-state index is -0.0712. The first-order valence-corrected chi connectivity index (χ1v) is 9.64. The molecule has 0 bridgehead atoms. The number of benzene rings is 1. The normalized spacial score (nSPS) is 22.3. The van der Waals surface area contributed by atoms with E-state index in [-0.39, 0.29) is 11.5 Å². The summed E-state index contributed by atoms with van der Waals surface area (Å²) in [6.07, 6.45) is 4.52. The highest BCUT2D eigenvalue weighted by Crippen LogP contribution is 2.38. The van der Waals surface area contributed by atoms with Crippen molar-refractivity contribution in [2.24, 2.45) is 0 Å². The minimum absolute atomic E-state index is 0.0712. The van der Waals surface area contributed by atoms with Crippen molar-refractivity contribution in [1.29, 1.82) is 0 Å². The van der Waals surface area contributed by atoms with Gasteiger partial charge in [-0.05, 0) is 31.4 Å². The molecule has 1 atom stereocenters. The Kier molecular flexibility index (Phi) is 4.48. The molecule has 25 heavy (non-hydrogen) atoms. The van der Waals surface area contributed by atoms with Crippen molar-refractivity contribution in [1.82, 2.24) is 9.88 Å². The Bertz CT molecular complexity index is 712. The van der Waals surface area contributed by atoms with Gasteiger partial charge < -0.3 is 14.5 Å². The molecule has 2 aliphatic heterocycles. The molecule has 1 amide bonds. The first-order valence-electron chi connectivity index (χ1n) is 8.76. The molecule has 1 aromatic heterocycles. The number of likely N-dealkylation sites (tertiary alicyclic amines) is 1. The second-order valence-electron chi connectivity index (χ2n) is 6.96. The fourth-order valence-corrected chi connectivity index (χ4v) is 4.47. The van der Waals surface area contributed by atoms with Gasteiger partial charge in [0, 0.05) is 25.8 Å². The van der Waals surface area contributed by atoms with E-state index in [1.165, 1.54) is 17.0 Å². The summed E-state index contributed by atoms with van der Waals surface area (Å²) in [4.78, 5) is 21.5. The molecule has 2 saturated heterocycles. The second-order valence-corrected chi connectivity index (χ2v) is 7.84. The van der Waals surface area contributed by atoms with Gasteiger partial charge in [0.1, 0.15) is 4.88 Å². The van der Waals surface area contributed by atoms with Crippen molar-refractivity contribution in [3.63, 3.8) is 0 Å². The fraction of sp³-hybridized carbons (Fsp3) is 0.474. The fourth-order valence-electron chi connectivity index (χ4n) is 3.89. The Morgan fingerprint density at radius 1 is 1.32 bits per heavy atom. The van der Waals surface area contributed by atoms with Crippen LogP contribution in [0.1, 0.15) is 28.9 Å². The van der Waals surface area contributed by atoms with Crippen molar-refractivity contribution in [2.45, 2.75) is 30.9 Å². The van der Waals surface area contributed by atoms with Crippen molar-refractivity contribution >= 4 is 22.9 Å². The van der Waals surface area contributed by atoms with Gasteiger partial charge in [-0.1, -0.05) is 18.2 Å². The van der Waals surface area contributed by atoms with Gasteiger partial charge in [0.2, 0.25) is 0 Å². The van der Waals surface area contributed by atoms with Crippen molar-refractivity contribution in [2.75, 3.05) is 31.6 Å². The van der Waals surface area contributed by atoms with Crippen LogP contribution in [0.5, 0.6) is 0 Å². The molecule has 5 nitrogen and oxygen atoms in total. The van der Waals surface area contributed by atoms with E-state index in [1.807, 2.05) is 11.0 Å². The van der Waals surface area contributed by atoms with Crippen LogP contribution in [0.4, 0.5) is 5.69 Å². The Morgan fingerprint density at radius 3 is 2.76 bits per heavy atom. The van der Waals surface area contributed by atoms with Gasteiger partial charge in [0.05, 0.1) is 30.0 Å². The number of hydrogen-bond donors (Lipinski definition) is 0. The predicted octanol–water partition coefficient (Wildman–Crippen LogP) is 3.04. The van der Waals surface area contributed by atoms with Crippen molar-refractivity contribution < 1.29 is 9.53 Å². The van der Waals surface area contributed by atoms with Crippen LogP contribution in [0.25, 0.3) is 0 Å². The Labute approximate surface area is 152 Å². The smallest absolute Gasteiger partial charge is 0.265 e. The Morgan fingerprint density at radius 2 is 2.08 bits per heavy atom. The molecule has 2 aliphatic rings. The SMILES string of the molecule is CN(c1ccccc1)[C@@H]1COC2(CCN(C(=O)c3cncs3)CC2)C1. The van der Waals surface area contributed by atoms with E-state index in [2.05, 4.69) is 41.2 Å². The number of rotatable bonds is 3. The number of aromatic nitrogens is 1. The van der Waals surface area contributed by atoms with Crippen LogP contribution in [0, 0.1) is 0 Å². The quantitative estimate of drug-likeness (QED) is 0.847. The maximum Gasteiger partial charge on any atom is 0.265 e. The van der Waals surface area contributed by atoms with Crippen LogP contribution in [0.2, 0.25) is 0 Å². The standard InChI is InChI=1S/C19H23N3O2S/c1-21(15-5-3-2-4-6-15)16-11-19(24-13-16)7-9-22(10-8-19)18(23)17-12-20-14-25-17/h2-6,12,14,16H,7-11,13H2,1H3/t16-/m0/s1. The molecule has 2 fully saturated rings. The topological polar surface area (TPSA) is 45.7 Å². The van der Waals surface area contributed by atoms with Gasteiger partial charge in [-0.2, -0.15) is 0 Å². The Balaban J connectivity index is 1.37. The van der Waals surface area contributed by atoms with Crippen LogP contribution < -0.4 is 4.90 Å². The van der Waals surface area contributed by atoms with E-state index >= 15 is 0 Å². The molecule has 4 rings (SSSR count). The summed E-state index contributed by atoms with van der Waals surface area (Å²) in [6.45, 7) is 2.28. The number of thiazole rings is 1. The number of amides is 1. The van der Waals surface area contributed by atoms with E-state index in [0.29, 0.717) is 6.04 Å². The number of carbonyl (C=O) groups is 1. The van der Waals surface area contributed by atoms with E-state index in [0.717, 1.165) is 43.8 Å².